The second kappa shape index (κ2) is 5.64. The van der Waals surface area contributed by atoms with E-state index in [1.807, 2.05) is 0 Å². The van der Waals surface area contributed by atoms with E-state index >= 15 is 0 Å². The summed E-state index contributed by atoms with van der Waals surface area (Å²) in [5, 5.41) is 15.9. The van der Waals surface area contributed by atoms with Gasteiger partial charge in [-0.05, 0) is 18.3 Å². The number of nitrogens with one attached hydrogen (secondary N) is 1. The van der Waals surface area contributed by atoms with Gasteiger partial charge >= 0.3 is 5.97 Å². The average molecular weight is 279 g/mol. The molecule has 1 saturated carbocycles. The fourth-order valence-corrected chi connectivity index (χ4v) is 2.89. The largest absolute Gasteiger partial charge is 0.478 e. The van der Waals surface area contributed by atoms with Crippen LogP contribution in [0.15, 0.2) is 6.20 Å². The molecule has 0 aliphatic heterocycles. The van der Waals surface area contributed by atoms with Crippen molar-refractivity contribution in [3.63, 3.8) is 0 Å². The van der Waals surface area contributed by atoms with E-state index in [2.05, 4.69) is 24.3 Å². The second-order valence-corrected chi connectivity index (χ2v) is 5.68. The minimum absolute atomic E-state index is 0.0542. The number of aryl methyl sites for hydroxylation is 1. The van der Waals surface area contributed by atoms with E-state index in [1.165, 1.54) is 17.3 Å². The molecule has 6 nitrogen and oxygen atoms in total. The van der Waals surface area contributed by atoms with Crippen molar-refractivity contribution in [1.29, 1.82) is 0 Å². The summed E-state index contributed by atoms with van der Waals surface area (Å²) in [4.78, 5) is 23.5. The highest BCUT2D eigenvalue weighted by atomic mass is 16.4. The van der Waals surface area contributed by atoms with Gasteiger partial charge in [-0.25, -0.2) is 4.79 Å². The molecule has 1 aliphatic rings. The number of hydrogen-bond acceptors (Lipinski definition) is 3. The first-order chi connectivity index (χ1) is 9.41. The van der Waals surface area contributed by atoms with Gasteiger partial charge in [-0.15, -0.1) is 0 Å². The maximum atomic E-state index is 12.3. The first-order valence-corrected chi connectivity index (χ1v) is 6.98. The Kier molecular flexibility index (Phi) is 4.11. The molecule has 0 unspecified atom stereocenters. The number of rotatable bonds is 3. The van der Waals surface area contributed by atoms with E-state index in [0.717, 1.165) is 12.8 Å². The molecular weight excluding hydrogens is 258 g/mol. The number of nitrogens with zero attached hydrogens (tertiary/aromatic N) is 2. The Bertz CT molecular complexity index is 524. The maximum absolute atomic E-state index is 12.3. The Labute approximate surface area is 118 Å². The van der Waals surface area contributed by atoms with Crippen LogP contribution in [-0.2, 0) is 7.05 Å². The quantitative estimate of drug-likeness (QED) is 0.881. The van der Waals surface area contributed by atoms with Crippen molar-refractivity contribution in [2.24, 2.45) is 18.9 Å². The smallest absolute Gasteiger partial charge is 0.339 e. The van der Waals surface area contributed by atoms with Gasteiger partial charge in [0.15, 0.2) is 0 Å². The van der Waals surface area contributed by atoms with Crippen LogP contribution in [0.4, 0.5) is 0 Å². The third-order valence-electron chi connectivity index (χ3n) is 4.41. The van der Waals surface area contributed by atoms with Gasteiger partial charge in [0.05, 0.1) is 6.20 Å². The van der Waals surface area contributed by atoms with Gasteiger partial charge in [0.1, 0.15) is 11.3 Å². The lowest BCUT2D eigenvalue weighted by Crippen LogP contribution is -2.44. The third-order valence-corrected chi connectivity index (χ3v) is 4.41. The van der Waals surface area contributed by atoms with Crippen molar-refractivity contribution in [3.05, 3.63) is 17.5 Å². The van der Waals surface area contributed by atoms with Crippen LogP contribution >= 0.6 is 0 Å². The number of aromatic carboxylic acids is 1. The first-order valence-electron chi connectivity index (χ1n) is 6.98. The number of amides is 1. The van der Waals surface area contributed by atoms with Crippen molar-refractivity contribution in [1.82, 2.24) is 15.1 Å². The van der Waals surface area contributed by atoms with Crippen LogP contribution in [0.2, 0.25) is 0 Å². The van der Waals surface area contributed by atoms with Crippen molar-refractivity contribution < 1.29 is 14.7 Å². The number of carbonyl (C=O) groups is 2. The Balaban J connectivity index is 2.16. The SMILES string of the molecule is C[C@@H]1[C@H](C)CCC[C@@H]1NC(=O)c1c(C(=O)O)cnn1C. The normalized spacial score (nSPS) is 26.2. The highest BCUT2D eigenvalue weighted by molar-refractivity contribution is 6.03. The van der Waals surface area contributed by atoms with Crippen LogP contribution in [0.5, 0.6) is 0 Å². The number of carboxylic acid groups (broad SMARTS) is 1. The summed E-state index contributed by atoms with van der Waals surface area (Å²) in [6.07, 6.45) is 4.43. The molecule has 2 rings (SSSR count). The molecule has 3 atom stereocenters. The van der Waals surface area contributed by atoms with Crippen LogP contribution in [0.25, 0.3) is 0 Å². The van der Waals surface area contributed by atoms with Gasteiger partial charge in [0, 0.05) is 13.1 Å². The fourth-order valence-electron chi connectivity index (χ4n) is 2.89. The Morgan fingerprint density at radius 3 is 2.75 bits per heavy atom. The van der Waals surface area contributed by atoms with Gasteiger partial charge in [0.25, 0.3) is 5.91 Å². The zero-order chi connectivity index (χ0) is 14.9. The lowest BCUT2D eigenvalue weighted by atomic mass is 9.78. The zero-order valence-electron chi connectivity index (χ0n) is 12.1. The lowest BCUT2D eigenvalue weighted by Gasteiger charge is -2.34. The van der Waals surface area contributed by atoms with Crippen LogP contribution in [-0.4, -0.2) is 32.8 Å². The third kappa shape index (κ3) is 2.69. The van der Waals surface area contributed by atoms with E-state index in [-0.39, 0.29) is 23.2 Å². The highest BCUT2D eigenvalue weighted by Crippen LogP contribution is 2.29. The van der Waals surface area contributed by atoms with Gasteiger partial charge in [-0.1, -0.05) is 26.7 Å². The summed E-state index contributed by atoms with van der Waals surface area (Å²) in [5.41, 5.74) is 0.0597. The molecule has 1 aromatic rings. The molecule has 1 aromatic heterocycles. The van der Waals surface area contributed by atoms with Gasteiger partial charge < -0.3 is 10.4 Å². The summed E-state index contributed by atoms with van der Waals surface area (Å²) >= 11 is 0. The van der Waals surface area contributed by atoms with Crippen molar-refractivity contribution in [3.8, 4) is 0 Å². The summed E-state index contributed by atoms with van der Waals surface area (Å²) in [6.45, 7) is 4.33. The summed E-state index contributed by atoms with van der Waals surface area (Å²) in [7, 11) is 1.58. The highest BCUT2D eigenvalue weighted by Gasteiger charge is 2.30. The van der Waals surface area contributed by atoms with E-state index in [1.54, 1.807) is 7.05 Å². The van der Waals surface area contributed by atoms with Gasteiger partial charge in [-0.3, -0.25) is 9.48 Å². The van der Waals surface area contributed by atoms with Crippen LogP contribution in [0, 0.1) is 11.8 Å². The topological polar surface area (TPSA) is 84.2 Å². The van der Waals surface area contributed by atoms with Crippen molar-refractivity contribution in [2.45, 2.75) is 39.2 Å². The summed E-state index contributed by atoms with van der Waals surface area (Å²) < 4.78 is 1.32. The Morgan fingerprint density at radius 1 is 1.40 bits per heavy atom. The predicted octanol–water partition coefficient (Wildman–Crippen LogP) is 1.67. The zero-order valence-corrected chi connectivity index (χ0v) is 12.1. The molecule has 1 fully saturated rings. The van der Waals surface area contributed by atoms with E-state index in [4.69, 9.17) is 5.11 Å². The van der Waals surface area contributed by atoms with Crippen LogP contribution in [0.1, 0.15) is 54.0 Å². The minimum atomic E-state index is -1.13. The molecule has 0 spiro atoms. The van der Waals surface area contributed by atoms with Crippen molar-refractivity contribution in [2.75, 3.05) is 0 Å². The monoisotopic (exact) mass is 279 g/mol. The molecule has 0 radical (unpaired) electrons. The lowest BCUT2D eigenvalue weighted by molar-refractivity contribution is 0.0688. The Hall–Kier alpha value is -1.85. The number of carboxylic acids is 1. The molecule has 1 aliphatic carbocycles. The molecule has 0 saturated heterocycles. The molecular formula is C14H21N3O3. The number of aromatic nitrogens is 2. The molecule has 1 amide bonds. The fraction of sp³-hybridized carbons (Fsp3) is 0.643. The van der Waals surface area contributed by atoms with Crippen LogP contribution in [0.3, 0.4) is 0 Å². The molecule has 20 heavy (non-hydrogen) atoms. The Morgan fingerprint density at radius 2 is 2.10 bits per heavy atom. The molecule has 0 bridgehead atoms. The molecule has 0 aromatic carbocycles. The van der Waals surface area contributed by atoms with Gasteiger partial charge in [0.2, 0.25) is 0 Å². The number of carbonyl (C=O) groups excluding carboxylic acids is 1. The number of hydrogen-bond donors (Lipinski definition) is 2. The van der Waals surface area contributed by atoms with Crippen molar-refractivity contribution >= 4 is 11.9 Å². The van der Waals surface area contributed by atoms with Crippen LogP contribution < -0.4 is 5.32 Å². The van der Waals surface area contributed by atoms with E-state index in [9.17, 15) is 9.59 Å². The van der Waals surface area contributed by atoms with E-state index < -0.39 is 5.97 Å². The predicted molar refractivity (Wildman–Crippen MR) is 73.6 cm³/mol. The summed E-state index contributed by atoms with van der Waals surface area (Å²) in [6, 6.07) is 0.0998. The molecule has 6 heteroatoms. The standard InChI is InChI=1S/C14H21N3O3/c1-8-5-4-6-11(9(8)2)16-13(18)12-10(14(19)20)7-15-17(12)3/h7-9,11H,4-6H2,1-3H3,(H,16,18)(H,19,20)/t8-,9-,11+/m1/s1. The first kappa shape index (κ1) is 14.6. The molecule has 2 N–H and O–H groups in total. The molecule has 110 valence electrons. The minimum Gasteiger partial charge on any atom is -0.478 e. The van der Waals surface area contributed by atoms with Gasteiger partial charge in [-0.2, -0.15) is 5.10 Å². The second-order valence-electron chi connectivity index (χ2n) is 5.68. The maximum Gasteiger partial charge on any atom is 0.339 e. The summed E-state index contributed by atoms with van der Waals surface area (Å²) in [5.74, 6) is -0.518. The van der Waals surface area contributed by atoms with E-state index in [0.29, 0.717) is 11.8 Å². The average Bonchev–Trinajstić information content (AvgIpc) is 2.77. The molecule has 1 heterocycles.